The molecule has 3 atom stereocenters. The first-order valence-electron chi connectivity index (χ1n) is 8.73. The van der Waals surface area contributed by atoms with Gasteiger partial charge in [-0.3, -0.25) is 9.88 Å². The molecule has 1 aliphatic heterocycles. The summed E-state index contributed by atoms with van der Waals surface area (Å²) >= 11 is 0. The van der Waals surface area contributed by atoms with Crippen molar-refractivity contribution in [2.45, 2.75) is 45.6 Å². The van der Waals surface area contributed by atoms with Crippen LogP contribution in [-0.2, 0) is 11.3 Å². The third kappa shape index (κ3) is 4.56. The summed E-state index contributed by atoms with van der Waals surface area (Å²) in [5.41, 5.74) is 3.74. The number of pyridine rings is 1. The Morgan fingerprint density at radius 2 is 1.88 bits per heavy atom. The number of anilines is 1. The van der Waals surface area contributed by atoms with E-state index in [0.29, 0.717) is 12.2 Å². The minimum atomic E-state index is 0.256. The molecule has 0 bridgehead atoms. The van der Waals surface area contributed by atoms with E-state index in [1.807, 2.05) is 12.4 Å². The Kier molecular flexibility index (Phi) is 5.48. The third-order valence-electron chi connectivity index (χ3n) is 4.42. The number of rotatable bonds is 5. The molecule has 3 rings (SSSR count). The van der Waals surface area contributed by atoms with Crippen LogP contribution in [0.4, 0.5) is 5.69 Å². The predicted octanol–water partition coefficient (Wildman–Crippen LogP) is 3.86. The van der Waals surface area contributed by atoms with E-state index < -0.39 is 0 Å². The summed E-state index contributed by atoms with van der Waals surface area (Å²) in [6.45, 7) is 9.43. The molecule has 0 radical (unpaired) electrons. The highest BCUT2D eigenvalue weighted by atomic mass is 16.5. The van der Waals surface area contributed by atoms with Crippen LogP contribution in [0.5, 0.6) is 0 Å². The van der Waals surface area contributed by atoms with Crippen molar-refractivity contribution in [1.29, 1.82) is 0 Å². The summed E-state index contributed by atoms with van der Waals surface area (Å²) in [4.78, 5) is 6.56. The Balaban J connectivity index is 1.64. The van der Waals surface area contributed by atoms with Gasteiger partial charge in [-0.2, -0.15) is 0 Å². The predicted molar refractivity (Wildman–Crippen MR) is 98.0 cm³/mol. The molecule has 1 aliphatic rings. The number of aromatic nitrogens is 1. The maximum atomic E-state index is 5.82. The molecule has 24 heavy (non-hydrogen) atoms. The molecule has 0 saturated carbocycles. The summed E-state index contributed by atoms with van der Waals surface area (Å²) in [5, 5.41) is 3.58. The molecule has 4 heteroatoms. The number of ether oxygens (including phenoxy) is 1. The van der Waals surface area contributed by atoms with Gasteiger partial charge in [0.15, 0.2) is 0 Å². The lowest BCUT2D eigenvalue weighted by Crippen LogP contribution is -2.44. The zero-order chi connectivity index (χ0) is 16.9. The number of nitrogens with one attached hydrogen (secondary N) is 1. The number of nitrogens with zero attached hydrogens (tertiary/aromatic N) is 2. The molecule has 1 aromatic carbocycles. The molecule has 4 nitrogen and oxygen atoms in total. The second-order valence-electron chi connectivity index (χ2n) is 6.80. The Hall–Kier alpha value is -1.91. The van der Waals surface area contributed by atoms with Crippen molar-refractivity contribution >= 4 is 5.69 Å². The average Bonchev–Trinajstić information content (AvgIpc) is 2.55. The molecule has 1 N–H and O–H groups in total. The van der Waals surface area contributed by atoms with Gasteiger partial charge in [-0.25, -0.2) is 0 Å². The van der Waals surface area contributed by atoms with Gasteiger partial charge in [-0.15, -0.1) is 0 Å². The van der Waals surface area contributed by atoms with E-state index in [4.69, 9.17) is 4.74 Å². The van der Waals surface area contributed by atoms with Gasteiger partial charge in [0, 0.05) is 43.8 Å². The van der Waals surface area contributed by atoms with Crippen LogP contribution in [0, 0.1) is 0 Å². The molecule has 0 unspecified atom stereocenters. The van der Waals surface area contributed by atoms with E-state index in [1.54, 1.807) is 0 Å². The number of benzene rings is 1. The zero-order valence-corrected chi connectivity index (χ0v) is 14.8. The summed E-state index contributed by atoms with van der Waals surface area (Å²) in [6, 6.07) is 13.1. The van der Waals surface area contributed by atoms with Crippen LogP contribution in [0.15, 0.2) is 48.8 Å². The first kappa shape index (κ1) is 16.9. The van der Waals surface area contributed by atoms with E-state index in [-0.39, 0.29) is 6.04 Å². The first-order chi connectivity index (χ1) is 11.6. The van der Waals surface area contributed by atoms with Crippen molar-refractivity contribution in [3.8, 4) is 0 Å². The van der Waals surface area contributed by atoms with Crippen molar-refractivity contribution in [2.75, 3.05) is 18.4 Å². The molecule has 2 heterocycles. The van der Waals surface area contributed by atoms with Crippen molar-refractivity contribution < 1.29 is 4.74 Å². The Bertz CT molecular complexity index is 636. The summed E-state index contributed by atoms with van der Waals surface area (Å²) in [5.74, 6) is 0. The molecular weight excluding hydrogens is 298 g/mol. The fourth-order valence-electron chi connectivity index (χ4n) is 3.42. The van der Waals surface area contributed by atoms with E-state index in [0.717, 1.165) is 25.3 Å². The number of morpholine rings is 1. The second kappa shape index (κ2) is 7.77. The minimum Gasteiger partial charge on any atom is -0.379 e. The smallest absolute Gasteiger partial charge is 0.0678 e. The van der Waals surface area contributed by atoms with Gasteiger partial charge in [0.2, 0.25) is 0 Å². The fourth-order valence-corrected chi connectivity index (χ4v) is 3.42. The van der Waals surface area contributed by atoms with Gasteiger partial charge in [-0.1, -0.05) is 12.1 Å². The van der Waals surface area contributed by atoms with Gasteiger partial charge in [0.25, 0.3) is 0 Å². The van der Waals surface area contributed by atoms with Crippen LogP contribution in [-0.4, -0.2) is 35.2 Å². The maximum absolute atomic E-state index is 5.82. The molecule has 0 spiro atoms. The van der Waals surface area contributed by atoms with Gasteiger partial charge < -0.3 is 10.1 Å². The SMILES string of the molecule is C[C@@H]1CN(Cc2cccc(N[C@@H](C)c3ccncc3)c2)C[C@@H](C)O1. The number of hydrogen-bond donors (Lipinski definition) is 1. The Morgan fingerprint density at radius 3 is 2.58 bits per heavy atom. The van der Waals surface area contributed by atoms with Gasteiger partial charge >= 0.3 is 0 Å². The van der Waals surface area contributed by atoms with Gasteiger partial charge in [0.1, 0.15) is 0 Å². The topological polar surface area (TPSA) is 37.4 Å². The van der Waals surface area contributed by atoms with E-state index in [9.17, 15) is 0 Å². The van der Waals surface area contributed by atoms with Crippen LogP contribution < -0.4 is 5.32 Å². The van der Waals surface area contributed by atoms with E-state index in [2.05, 4.69) is 72.4 Å². The van der Waals surface area contributed by atoms with Crippen LogP contribution in [0.25, 0.3) is 0 Å². The lowest BCUT2D eigenvalue weighted by atomic mass is 10.1. The monoisotopic (exact) mass is 325 g/mol. The summed E-state index contributed by atoms with van der Waals surface area (Å²) < 4.78 is 5.82. The zero-order valence-electron chi connectivity index (χ0n) is 14.8. The first-order valence-corrected chi connectivity index (χ1v) is 8.73. The lowest BCUT2D eigenvalue weighted by molar-refractivity contribution is -0.0704. The molecular formula is C20H27N3O. The molecule has 1 fully saturated rings. The highest BCUT2D eigenvalue weighted by Gasteiger charge is 2.22. The van der Waals surface area contributed by atoms with Crippen molar-refractivity contribution in [3.63, 3.8) is 0 Å². The molecule has 0 amide bonds. The van der Waals surface area contributed by atoms with Crippen molar-refractivity contribution in [2.24, 2.45) is 0 Å². The summed E-state index contributed by atoms with van der Waals surface area (Å²) in [6.07, 6.45) is 4.29. The van der Waals surface area contributed by atoms with Crippen LogP contribution >= 0.6 is 0 Å². The quantitative estimate of drug-likeness (QED) is 0.906. The maximum Gasteiger partial charge on any atom is 0.0678 e. The van der Waals surface area contributed by atoms with Crippen LogP contribution in [0.1, 0.15) is 37.9 Å². The fraction of sp³-hybridized carbons (Fsp3) is 0.450. The van der Waals surface area contributed by atoms with Crippen molar-refractivity contribution in [1.82, 2.24) is 9.88 Å². The highest BCUT2D eigenvalue weighted by molar-refractivity contribution is 5.47. The lowest BCUT2D eigenvalue weighted by Gasteiger charge is -2.35. The largest absolute Gasteiger partial charge is 0.379 e. The van der Waals surface area contributed by atoms with Gasteiger partial charge in [0.05, 0.1) is 12.2 Å². The molecule has 1 saturated heterocycles. The van der Waals surface area contributed by atoms with Crippen LogP contribution in [0.2, 0.25) is 0 Å². The summed E-state index contributed by atoms with van der Waals surface area (Å²) in [7, 11) is 0. The number of hydrogen-bond acceptors (Lipinski definition) is 4. The van der Waals surface area contributed by atoms with Gasteiger partial charge in [-0.05, 0) is 56.2 Å². The highest BCUT2D eigenvalue weighted by Crippen LogP contribution is 2.21. The van der Waals surface area contributed by atoms with E-state index >= 15 is 0 Å². The minimum absolute atomic E-state index is 0.256. The molecule has 0 aliphatic carbocycles. The standard InChI is InChI=1S/C20H27N3O/c1-15-12-23(13-16(2)24-15)14-18-5-4-6-20(11-18)22-17(3)19-7-9-21-10-8-19/h4-11,15-17,22H,12-14H2,1-3H3/t15-,16-,17+/m1/s1. The normalized spacial score (nSPS) is 23.0. The van der Waals surface area contributed by atoms with Crippen LogP contribution in [0.3, 0.4) is 0 Å². The second-order valence-corrected chi connectivity index (χ2v) is 6.80. The molecule has 1 aromatic heterocycles. The molecule has 2 aromatic rings. The third-order valence-corrected chi connectivity index (χ3v) is 4.42. The Labute approximate surface area is 144 Å². The molecule has 128 valence electrons. The van der Waals surface area contributed by atoms with Crippen molar-refractivity contribution in [3.05, 3.63) is 59.9 Å². The Morgan fingerprint density at radius 1 is 1.17 bits per heavy atom. The van der Waals surface area contributed by atoms with E-state index in [1.165, 1.54) is 11.1 Å². The average molecular weight is 325 g/mol.